The van der Waals surface area contributed by atoms with E-state index >= 15 is 0 Å². The zero-order valence-electron chi connectivity index (χ0n) is 20.0. The highest BCUT2D eigenvalue weighted by Gasteiger charge is 2.33. The number of nitrogens with one attached hydrogen (secondary N) is 1. The Morgan fingerprint density at radius 3 is 2.30 bits per heavy atom. The number of piperidine rings is 1. The SMILES string of the molecule is Cc1cc(C)c(S(=O)(=O)N2CCC(C(=O)NCCCOCCc3ccccc3)CC2)c(C)c1. The van der Waals surface area contributed by atoms with Crippen LogP contribution in [0.1, 0.15) is 41.5 Å². The smallest absolute Gasteiger partial charge is 0.243 e. The quantitative estimate of drug-likeness (QED) is 0.534. The molecule has 0 aromatic heterocycles. The van der Waals surface area contributed by atoms with Crippen molar-refractivity contribution < 1.29 is 17.9 Å². The van der Waals surface area contributed by atoms with Crippen LogP contribution >= 0.6 is 0 Å². The Hall–Kier alpha value is -2.22. The number of hydrogen-bond donors (Lipinski definition) is 1. The molecular formula is C26H36N2O4S. The molecule has 180 valence electrons. The highest BCUT2D eigenvalue weighted by molar-refractivity contribution is 7.89. The number of hydrogen-bond acceptors (Lipinski definition) is 4. The first-order valence-corrected chi connectivity index (χ1v) is 13.2. The third-order valence-corrected chi connectivity index (χ3v) is 8.37. The zero-order valence-corrected chi connectivity index (χ0v) is 20.8. The van der Waals surface area contributed by atoms with Gasteiger partial charge in [0.05, 0.1) is 11.5 Å². The van der Waals surface area contributed by atoms with Gasteiger partial charge in [0.15, 0.2) is 0 Å². The standard InChI is InChI=1S/C26H36N2O4S/c1-20-18-21(2)25(22(3)19-20)33(30,31)28-14-10-24(11-15-28)26(29)27-13-7-16-32-17-12-23-8-5-4-6-9-23/h4-6,8-9,18-19,24H,7,10-17H2,1-3H3,(H,27,29). The Kier molecular flexibility index (Phi) is 9.06. The van der Waals surface area contributed by atoms with Crippen molar-refractivity contribution in [2.75, 3.05) is 32.8 Å². The second-order valence-electron chi connectivity index (χ2n) is 8.90. The van der Waals surface area contributed by atoms with E-state index in [0.717, 1.165) is 29.5 Å². The summed E-state index contributed by atoms with van der Waals surface area (Å²) in [6.07, 6.45) is 2.74. The van der Waals surface area contributed by atoms with Gasteiger partial charge < -0.3 is 10.1 Å². The number of benzene rings is 2. The van der Waals surface area contributed by atoms with Crippen molar-refractivity contribution in [3.8, 4) is 0 Å². The van der Waals surface area contributed by atoms with E-state index in [2.05, 4.69) is 17.4 Å². The van der Waals surface area contributed by atoms with Gasteiger partial charge in [-0.25, -0.2) is 8.42 Å². The van der Waals surface area contributed by atoms with E-state index in [9.17, 15) is 13.2 Å². The lowest BCUT2D eigenvalue weighted by atomic mass is 9.97. The van der Waals surface area contributed by atoms with E-state index in [1.54, 1.807) is 0 Å². The average Bonchev–Trinajstić information content (AvgIpc) is 2.78. The first-order chi connectivity index (χ1) is 15.8. The van der Waals surface area contributed by atoms with Crippen LogP contribution in [0.25, 0.3) is 0 Å². The minimum absolute atomic E-state index is 0.0130. The Morgan fingerprint density at radius 1 is 1.03 bits per heavy atom. The van der Waals surface area contributed by atoms with Gasteiger partial charge >= 0.3 is 0 Å². The van der Waals surface area contributed by atoms with Gasteiger partial charge in [0, 0.05) is 32.2 Å². The molecule has 0 saturated carbocycles. The van der Waals surface area contributed by atoms with Crippen LogP contribution in [-0.4, -0.2) is 51.5 Å². The monoisotopic (exact) mass is 472 g/mol. The van der Waals surface area contributed by atoms with E-state index < -0.39 is 10.0 Å². The highest BCUT2D eigenvalue weighted by Crippen LogP contribution is 2.28. The van der Waals surface area contributed by atoms with Gasteiger partial charge in [0.2, 0.25) is 15.9 Å². The van der Waals surface area contributed by atoms with Crippen LogP contribution in [0.2, 0.25) is 0 Å². The lowest BCUT2D eigenvalue weighted by molar-refractivity contribution is -0.126. The molecule has 3 rings (SSSR count). The Bertz CT molecular complexity index is 1010. The van der Waals surface area contributed by atoms with Gasteiger partial charge in [-0.05, 0) is 63.1 Å². The molecule has 1 saturated heterocycles. The minimum atomic E-state index is -3.55. The number of sulfonamides is 1. The minimum Gasteiger partial charge on any atom is -0.381 e. The third kappa shape index (κ3) is 6.88. The molecule has 0 bridgehead atoms. The summed E-state index contributed by atoms with van der Waals surface area (Å²) in [7, 11) is -3.55. The molecule has 2 aromatic carbocycles. The maximum atomic E-state index is 13.2. The van der Waals surface area contributed by atoms with Crippen LogP contribution in [0.4, 0.5) is 0 Å². The molecule has 0 aliphatic carbocycles. The lowest BCUT2D eigenvalue weighted by Crippen LogP contribution is -2.43. The van der Waals surface area contributed by atoms with Crippen LogP contribution in [0.5, 0.6) is 0 Å². The van der Waals surface area contributed by atoms with E-state index in [0.29, 0.717) is 50.6 Å². The summed E-state index contributed by atoms with van der Waals surface area (Å²) < 4.78 is 33.6. The summed E-state index contributed by atoms with van der Waals surface area (Å²) in [4.78, 5) is 12.9. The van der Waals surface area contributed by atoms with E-state index in [1.165, 1.54) is 9.87 Å². The van der Waals surface area contributed by atoms with E-state index in [-0.39, 0.29) is 11.8 Å². The molecule has 1 aliphatic heterocycles. The molecule has 0 unspecified atom stereocenters. The van der Waals surface area contributed by atoms with Gasteiger partial charge in [0.25, 0.3) is 0 Å². The third-order valence-electron chi connectivity index (χ3n) is 6.17. The summed E-state index contributed by atoms with van der Waals surface area (Å²) in [5.41, 5.74) is 3.87. The molecular weight excluding hydrogens is 436 g/mol. The summed E-state index contributed by atoms with van der Waals surface area (Å²) in [5, 5.41) is 2.98. The second kappa shape index (κ2) is 11.8. The van der Waals surface area contributed by atoms with Gasteiger partial charge in [-0.3, -0.25) is 4.79 Å². The molecule has 7 heteroatoms. The summed E-state index contributed by atoms with van der Waals surface area (Å²) >= 11 is 0. The van der Waals surface area contributed by atoms with Crippen LogP contribution < -0.4 is 5.32 Å². The van der Waals surface area contributed by atoms with Gasteiger partial charge in [-0.2, -0.15) is 4.31 Å². The number of carbonyl (C=O) groups excluding carboxylic acids is 1. The van der Waals surface area contributed by atoms with Crippen molar-refractivity contribution in [2.24, 2.45) is 5.92 Å². The Morgan fingerprint density at radius 2 is 1.67 bits per heavy atom. The topological polar surface area (TPSA) is 75.7 Å². The molecule has 0 atom stereocenters. The normalized spacial score (nSPS) is 15.5. The molecule has 1 amide bonds. The predicted octanol–water partition coefficient (Wildman–Crippen LogP) is 3.78. The fraction of sp³-hybridized carbons (Fsp3) is 0.500. The molecule has 33 heavy (non-hydrogen) atoms. The van der Waals surface area contributed by atoms with Crippen LogP contribution in [0.15, 0.2) is 47.4 Å². The zero-order chi connectivity index (χ0) is 23.8. The Labute approximate surface area is 198 Å². The molecule has 6 nitrogen and oxygen atoms in total. The van der Waals surface area contributed by atoms with E-state index in [1.807, 2.05) is 51.1 Å². The van der Waals surface area contributed by atoms with Crippen molar-refractivity contribution >= 4 is 15.9 Å². The summed E-state index contributed by atoms with van der Waals surface area (Å²) in [6.45, 7) is 8.26. The van der Waals surface area contributed by atoms with Crippen LogP contribution in [0, 0.1) is 26.7 Å². The van der Waals surface area contributed by atoms with Crippen LogP contribution in [-0.2, 0) is 26.0 Å². The second-order valence-corrected chi connectivity index (χ2v) is 10.8. The Balaban J connectivity index is 1.37. The molecule has 2 aromatic rings. The summed E-state index contributed by atoms with van der Waals surface area (Å²) in [6, 6.07) is 14.0. The number of aryl methyl sites for hydroxylation is 3. The van der Waals surface area contributed by atoms with Crippen molar-refractivity contribution in [3.05, 3.63) is 64.7 Å². The highest BCUT2D eigenvalue weighted by atomic mass is 32.2. The number of nitrogens with zero attached hydrogens (tertiary/aromatic N) is 1. The van der Waals surface area contributed by atoms with Crippen molar-refractivity contribution in [2.45, 2.75) is 51.3 Å². The van der Waals surface area contributed by atoms with Crippen molar-refractivity contribution in [1.82, 2.24) is 9.62 Å². The lowest BCUT2D eigenvalue weighted by Gasteiger charge is -2.31. The van der Waals surface area contributed by atoms with Gasteiger partial charge in [0.1, 0.15) is 0 Å². The van der Waals surface area contributed by atoms with E-state index in [4.69, 9.17) is 4.74 Å². The molecule has 1 fully saturated rings. The predicted molar refractivity (Wildman–Crippen MR) is 131 cm³/mol. The number of amides is 1. The number of ether oxygens (including phenoxy) is 1. The average molecular weight is 473 g/mol. The molecule has 1 heterocycles. The number of rotatable bonds is 10. The van der Waals surface area contributed by atoms with Crippen molar-refractivity contribution in [1.29, 1.82) is 0 Å². The fourth-order valence-electron chi connectivity index (χ4n) is 4.53. The molecule has 0 spiro atoms. The molecule has 1 aliphatic rings. The largest absolute Gasteiger partial charge is 0.381 e. The molecule has 1 N–H and O–H groups in total. The van der Waals surface area contributed by atoms with Crippen LogP contribution in [0.3, 0.4) is 0 Å². The number of carbonyl (C=O) groups is 1. The first kappa shape index (κ1) is 25.4. The van der Waals surface area contributed by atoms with Gasteiger partial charge in [-0.1, -0.05) is 48.0 Å². The summed E-state index contributed by atoms with van der Waals surface area (Å²) in [5.74, 6) is -0.130. The first-order valence-electron chi connectivity index (χ1n) is 11.8. The maximum absolute atomic E-state index is 13.2. The fourth-order valence-corrected chi connectivity index (χ4v) is 6.41. The van der Waals surface area contributed by atoms with Crippen molar-refractivity contribution in [3.63, 3.8) is 0 Å². The van der Waals surface area contributed by atoms with Gasteiger partial charge in [-0.15, -0.1) is 0 Å². The molecule has 0 radical (unpaired) electrons. The maximum Gasteiger partial charge on any atom is 0.243 e.